The van der Waals surface area contributed by atoms with Crippen LogP contribution in [0.15, 0.2) is 35.1 Å². The average Bonchev–Trinajstić information content (AvgIpc) is 3.23. The van der Waals surface area contributed by atoms with E-state index in [4.69, 9.17) is 4.74 Å². The normalized spacial score (nSPS) is 10.8. The zero-order valence-electron chi connectivity index (χ0n) is 13.3. The molecule has 7 nitrogen and oxygen atoms in total. The average molecular weight is 391 g/mol. The van der Waals surface area contributed by atoms with Crippen LogP contribution in [0.2, 0.25) is 0 Å². The molecule has 0 saturated carbocycles. The van der Waals surface area contributed by atoms with Gasteiger partial charge in [0, 0.05) is 11.0 Å². The summed E-state index contributed by atoms with van der Waals surface area (Å²) in [5.41, 5.74) is 0.800. The van der Waals surface area contributed by atoms with E-state index in [0.29, 0.717) is 18.3 Å². The molecule has 126 valence electrons. The Bertz CT molecular complexity index is 767. The molecule has 0 amide bonds. The first kappa shape index (κ1) is 16.5. The molecule has 0 radical (unpaired) electrons. The Kier molecular flexibility index (Phi) is 5.47. The van der Waals surface area contributed by atoms with Gasteiger partial charge in [0.1, 0.15) is 18.1 Å². The summed E-state index contributed by atoms with van der Waals surface area (Å²) in [5.74, 6) is 2.77. The second-order valence-electron chi connectivity index (χ2n) is 5.25. The van der Waals surface area contributed by atoms with Crippen LogP contribution >= 0.6 is 15.9 Å². The van der Waals surface area contributed by atoms with E-state index in [-0.39, 0.29) is 0 Å². The van der Waals surface area contributed by atoms with Gasteiger partial charge in [-0.3, -0.25) is 5.10 Å². The molecule has 0 bridgehead atoms. The van der Waals surface area contributed by atoms with Gasteiger partial charge in [-0.05, 0) is 30.7 Å². The number of imidazole rings is 1. The van der Waals surface area contributed by atoms with Crippen molar-refractivity contribution in [2.24, 2.45) is 0 Å². The molecular weight excluding hydrogens is 372 g/mol. The predicted molar refractivity (Wildman–Crippen MR) is 95.8 cm³/mol. The minimum absolute atomic E-state index is 0.296. The Morgan fingerprint density at radius 2 is 2.08 bits per heavy atom. The Labute approximate surface area is 148 Å². The SMILES string of the molecule is CCCCNc1nc[nH]c1-c1nc(COc2ccc(Br)cc2)n[nH]1. The molecule has 2 aromatic heterocycles. The molecular formula is C16H19BrN6O. The van der Waals surface area contributed by atoms with E-state index in [1.54, 1.807) is 6.33 Å². The van der Waals surface area contributed by atoms with Crippen LogP contribution in [0.3, 0.4) is 0 Å². The van der Waals surface area contributed by atoms with Crippen molar-refractivity contribution in [3.05, 3.63) is 40.9 Å². The van der Waals surface area contributed by atoms with Crippen molar-refractivity contribution in [1.82, 2.24) is 25.1 Å². The maximum Gasteiger partial charge on any atom is 0.188 e. The fraction of sp³-hybridized carbons (Fsp3) is 0.312. The Balaban J connectivity index is 1.63. The van der Waals surface area contributed by atoms with E-state index in [1.165, 1.54) is 0 Å². The summed E-state index contributed by atoms with van der Waals surface area (Å²) in [6.07, 6.45) is 3.87. The van der Waals surface area contributed by atoms with Crippen molar-refractivity contribution in [2.75, 3.05) is 11.9 Å². The van der Waals surface area contributed by atoms with E-state index >= 15 is 0 Å². The van der Waals surface area contributed by atoms with Crippen LogP contribution in [-0.4, -0.2) is 31.7 Å². The minimum atomic E-state index is 0.296. The lowest BCUT2D eigenvalue weighted by molar-refractivity contribution is 0.296. The highest BCUT2D eigenvalue weighted by atomic mass is 79.9. The van der Waals surface area contributed by atoms with Gasteiger partial charge in [-0.2, -0.15) is 5.10 Å². The molecule has 3 rings (SSSR count). The number of H-pyrrole nitrogens is 2. The third-order valence-corrected chi connectivity index (χ3v) is 3.94. The van der Waals surface area contributed by atoms with Gasteiger partial charge in [0.25, 0.3) is 0 Å². The lowest BCUT2D eigenvalue weighted by atomic mass is 10.3. The van der Waals surface area contributed by atoms with Crippen molar-refractivity contribution < 1.29 is 4.74 Å². The highest BCUT2D eigenvalue weighted by molar-refractivity contribution is 9.10. The van der Waals surface area contributed by atoms with Gasteiger partial charge in [-0.25, -0.2) is 9.97 Å². The first-order valence-electron chi connectivity index (χ1n) is 7.83. The maximum atomic E-state index is 5.68. The molecule has 0 aliphatic heterocycles. The van der Waals surface area contributed by atoms with Crippen molar-refractivity contribution in [3.63, 3.8) is 0 Å². The largest absolute Gasteiger partial charge is 0.486 e. The Morgan fingerprint density at radius 3 is 2.88 bits per heavy atom. The van der Waals surface area contributed by atoms with E-state index in [2.05, 4.69) is 53.3 Å². The van der Waals surface area contributed by atoms with Crippen LogP contribution < -0.4 is 10.1 Å². The summed E-state index contributed by atoms with van der Waals surface area (Å²) in [6.45, 7) is 3.33. The highest BCUT2D eigenvalue weighted by Crippen LogP contribution is 2.21. The number of nitrogens with one attached hydrogen (secondary N) is 3. The molecule has 0 aliphatic carbocycles. The van der Waals surface area contributed by atoms with Crippen LogP contribution in [-0.2, 0) is 6.61 Å². The lowest BCUT2D eigenvalue weighted by Gasteiger charge is -2.03. The summed E-state index contributed by atoms with van der Waals surface area (Å²) in [4.78, 5) is 11.8. The molecule has 3 N–H and O–H groups in total. The molecule has 2 heterocycles. The molecule has 0 aliphatic rings. The van der Waals surface area contributed by atoms with Gasteiger partial charge < -0.3 is 15.0 Å². The fourth-order valence-corrected chi connectivity index (χ4v) is 2.41. The molecule has 0 atom stereocenters. The number of aromatic amines is 2. The zero-order valence-corrected chi connectivity index (χ0v) is 14.9. The highest BCUT2D eigenvalue weighted by Gasteiger charge is 2.13. The number of unbranched alkanes of at least 4 members (excludes halogenated alkanes) is 1. The number of halogens is 1. The Hall–Kier alpha value is -2.35. The van der Waals surface area contributed by atoms with Crippen molar-refractivity contribution in [2.45, 2.75) is 26.4 Å². The minimum Gasteiger partial charge on any atom is -0.486 e. The summed E-state index contributed by atoms with van der Waals surface area (Å²) < 4.78 is 6.69. The number of nitrogens with zero attached hydrogens (tertiary/aromatic N) is 3. The van der Waals surface area contributed by atoms with E-state index in [0.717, 1.165) is 41.1 Å². The number of rotatable bonds is 8. The standard InChI is InChI=1S/C16H19BrN6O/c1-2-3-8-18-15-14(19-10-20-15)16-21-13(22-23-16)9-24-12-6-4-11(17)5-7-12/h4-7,10,18H,2-3,8-9H2,1H3,(H,19,20)(H,21,22,23). The first-order valence-corrected chi connectivity index (χ1v) is 8.63. The van der Waals surface area contributed by atoms with E-state index in [9.17, 15) is 0 Å². The number of ether oxygens (including phenoxy) is 1. The molecule has 0 unspecified atom stereocenters. The van der Waals surface area contributed by atoms with Crippen LogP contribution in [0.4, 0.5) is 5.82 Å². The molecule has 8 heteroatoms. The third kappa shape index (κ3) is 4.14. The number of hydrogen-bond acceptors (Lipinski definition) is 5. The van der Waals surface area contributed by atoms with Gasteiger partial charge in [0.05, 0.1) is 6.33 Å². The third-order valence-electron chi connectivity index (χ3n) is 3.41. The van der Waals surface area contributed by atoms with Crippen LogP contribution in [0.5, 0.6) is 5.75 Å². The van der Waals surface area contributed by atoms with E-state index in [1.807, 2.05) is 24.3 Å². The number of hydrogen-bond donors (Lipinski definition) is 3. The van der Waals surface area contributed by atoms with Crippen molar-refractivity contribution >= 4 is 21.7 Å². The smallest absolute Gasteiger partial charge is 0.188 e. The summed E-state index contributed by atoms with van der Waals surface area (Å²) >= 11 is 3.40. The monoisotopic (exact) mass is 390 g/mol. The molecule has 0 saturated heterocycles. The molecule has 0 fully saturated rings. The summed E-state index contributed by atoms with van der Waals surface area (Å²) in [6, 6.07) is 7.64. The van der Waals surface area contributed by atoms with Crippen LogP contribution in [0, 0.1) is 0 Å². The Morgan fingerprint density at radius 1 is 1.25 bits per heavy atom. The molecule has 3 aromatic rings. The number of anilines is 1. The lowest BCUT2D eigenvalue weighted by Crippen LogP contribution is -2.02. The van der Waals surface area contributed by atoms with Crippen LogP contribution in [0.25, 0.3) is 11.5 Å². The number of benzene rings is 1. The van der Waals surface area contributed by atoms with Gasteiger partial charge in [-0.15, -0.1) is 0 Å². The number of aromatic nitrogens is 5. The quantitative estimate of drug-likeness (QED) is 0.509. The first-order chi connectivity index (χ1) is 11.8. The second-order valence-corrected chi connectivity index (χ2v) is 6.16. The van der Waals surface area contributed by atoms with Gasteiger partial charge in [0.15, 0.2) is 17.5 Å². The fourth-order valence-electron chi connectivity index (χ4n) is 2.14. The molecule has 0 spiro atoms. The maximum absolute atomic E-state index is 5.68. The van der Waals surface area contributed by atoms with Crippen molar-refractivity contribution in [1.29, 1.82) is 0 Å². The summed E-state index contributed by atoms with van der Waals surface area (Å²) in [5, 5.41) is 10.4. The van der Waals surface area contributed by atoms with Gasteiger partial charge in [0.2, 0.25) is 0 Å². The predicted octanol–water partition coefficient (Wildman–Crippen LogP) is 3.75. The van der Waals surface area contributed by atoms with E-state index < -0.39 is 0 Å². The summed E-state index contributed by atoms with van der Waals surface area (Å²) in [7, 11) is 0. The van der Waals surface area contributed by atoms with Crippen LogP contribution in [0.1, 0.15) is 25.6 Å². The van der Waals surface area contributed by atoms with Gasteiger partial charge >= 0.3 is 0 Å². The van der Waals surface area contributed by atoms with Gasteiger partial charge in [-0.1, -0.05) is 29.3 Å². The molecule has 1 aromatic carbocycles. The van der Waals surface area contributed by atoms with Crippen molar-refractivity contribution in [3.8, 4) is 17.3 Å². The topological polar surface area (TPSA) is 91.5 Å². The second kappa shape index (κ2) is 7.96. The zero-order chi connectivity index (χ0) is 16.8. The molecule has 24 heavy (non-hydrogen) atoms.